The Morgan fingerprint density at radius 2 is 2.00 bits per heavy atom. The Bertz CT molecular complexity index is 957. The van der Waals surface area contributed by atoms with Gasteiger partial charge in [0.05, 0.1) is 23.8 Å². The quantitative estimate of drug-likeness (QED) is 0.656. The molecule has 1 aliphatic rings. The number of carbonyl (C=O) groups is 1. The zero-order valence-electron chi connectivity index (χ0n) is 15.6. The maximum absolute atomic E-state index is 12.7. The number of rotatable bonds is 6. The summed E-state index contributed by atoms with van der Waals surface area (Å²) in [7, 11) is 0. The molecule has 3 heterocycles. The van der Waals surface area contributed by atoms with Crippen molar-refractivity contribution in [1.29, 1.82) is 0 Å². The second-order valence-electron chi connectivity index (χ2n) is 7.10. The van der Waals surface area contributed by atoms with Gasteiger partial charge in [-0.25, -0.2) is 14.4 Å². The number of alkyl halides is 1. The third-order valence-electron chi connectivity index (χ3n) is 5.27. The van der Waals surface area contributed by atoms with Crippen LogP contribution in [0.2, 0.25) is 0 Å². The lowest BCUT2D eigenvalue weighted by atomic mass is 9.91. The Morgan fingerprint density at radius 1 is 1.14 bits per heavy atom. The van der Waals surface area contributed by atoms with Crippen molar-refractivity contribution in [2.75, 3.05) is 26.3 Å². The molecule has 6 nitrogen and oxygen atoms in total. The van der Waals surface area contributed by atoms with Crippen molar-refractivity contribution in [3.8, 4) is 11.3 Å². The molecule has 3 aromatic rings. The van der Waals surface area contributed by atoms with Crippen LogP contribution < -0.4 is 0 Å². The lowest BCUT2D eigenvalue weighted by molar-refractivity contribution is -0.123. The van der Waals surface area contributed by atoms with Crippen molar-refractivity contribution < 1.29 is 9.18 Å². The van der Waals surface area contributed by atoms with E-state index in [0.717, 1.165) is 48.1 Å². The van der Waals surface area contributed by atoms with E-state index in [1.54, 1.807) is 24.8 Å². The number of halogens is 1. The zero-order chi connectivity index (χ0) is 19.3. The van der Waals surface area contributed by atoms with Gasteiger partial charge in [0, 0.05) is 42.0 Å². The molecule has 1 saturated heterocycles. The summed E-state index contributed by atoms with van der Waals surface area (Å²) in [6.45, 7) is 1.68. The highest BCUT2D eigenvalue weighted by Gasteiger charge is 2.25. The first-order valence-corrected chi connectivity index (χ1v) is 9.56. The number of aromatic nitrogens is 4. The van der Waals surface area contributed by atoms with E-state index in [0.29, 0.717) is 12.4 Å². The van der Waals surface area contributed by atoms with E-state index in [1.807, 2.05) is 18.2 Å². The third-order valence-corrected chi connectivity index (χ3v) is 5.27. The molecule has 0 aliphatic carbocycles. The Morgan fingerprint density at radius 3 is 2.75 bits per heavy atom. The minimum Gasteiger partial charge on any atom is -0.301 e. The molecule has 144 valence electrons. The van der Waals surface area contributed by atoms with Gasteiger partial charge in [0.2, 0.25) is 0 Å². The first kappa shape index (κ1) is 18.6. The summed E-state index contributed by atoms with van der Waals surface area (Å²) in [5.74, 6) is 0.727. The van der Waals surface area contributed by atoms with Crippen LogP contribution in [-0.2, 0) is 11.2 Å². The van der Waals surface area contributed by atoms with Crippen LogP contribution >= 0.6 is 0 Å². The van der Waals surface area contributed by atoms with Crippen LogP contribution in [0.3, 0.4) is 0 Å². The van der Waals surface area contributed by atoms with Crippen molar-refractivity contribution in [3.63, 3.8) is 0 Å². The van der Waals surface area contributed by atoms with Crippen LogP contribution in [0.4, 0.5) is 4.39 Å². The maximum atomic E-state index is 12.7. The summed E-state index contributed by atoms with van der Waals surface area (Å²) >= 11 is 0. The molecular weight excluding hydrogens is 357 g/mol. The highest BCUT2D eigenvalue weighted by Crippen LogP contribution is 2.22. The maximum Gasteiger partial charge on any atom is 0.143 e. The van der Waals surface area contributed by atoms with Crippen LogP contribution in [0, 0.1) is 5.92 Å². The van der Waals surface area contributed by atoms with Crippen LogP contribution in [-0.4, -0.2) is 56.9 Å². The number of Topliss-reactive ketones (excluding diaryl/α,β-unsaturated/α-hetero) is 1. The molecule has 1 aliphatic heterocycles. The van der Waals surface area contributed by atoms with E-state index >= 15 is 0 Å². The molecule has 28 heavy (non-hydrogen) atoms. The van der Waals surface area contributed by atoms with Crippen LogP contribution in [0.25, 0.3) is 22.2 Å². The summed E-state index contributed by atoms with van der Waals surface area (Å²) in [6, 6.07) is 5.86. The average molecular weight is 379 g/mol. The van der Waals surface area contributed by atoms with Gasteiger partial charge in [-0.05, 0) is 32.0 Å². The fourth-order valence-corrected chi connectivity index (χ4v) is 3.65. The van der Waals surface area contributed by atoms with Gasteiger partial charge in [-0.2, -0.15) is 0 Å². The molecule has 2 aromatic heterocycles. The van der Waals surface area contributed by atoms with Gasteiger partial charge in [0.1, 0.15) is 18.3 Å². The molecule has 4 rings (SSSR count). The van der Waals surface area contributed by atoms with Gasteiger partial charge >= 0.3 is 0 Å². The standard InChI is InChI=1S/C21H22FN5O/c22-5-10-27-8-3-15(4-9-27)20(28)12-21-25-13-17-2-1-16(11-18(17)26-21)19-14-23-6-7-24-19/h1-2,6-7,11,13-15H,3-5,8-10,12H2. The molecule has 0 spiro atoms. The molecule has 0 saturated carbocycles. The molecule has 1 fully saturated rings. The van der Waals surface area contributed by atoms with Crippen molar-refractivity contribution in [2.45, 2.75) is 19.3 Å². The molecule has 0 unspecified atom stereocenters. The first-order chi connectivity index (χ1) is 13.7. The number of carbonyl (C=O) groups excluding carboxylic acids is 1. The number of ketones is 1. The summed E-state index contributed by atoms with van der Waals surface area (Å²) < 4.78 is 12.5. The molecule has 7 heteroatoms. The fourth-order valence-electron chi connectivity index (χ4n) is 3.65. The largest absolute Gasteiger partial charge is 0.301 e. The van der Waals surface area contributed by atoms with Gasteiger partial charge in [-0.1, -0.05) is 12.1 Å². The van der Waals surface area contributed by atoms with E-state index in [-0.39, 0.29) is 24.8 Å². The number of fused-ring (bicyclic) bond motifs is 1. The SMILES string of the molecule is O=C(Cc1ncc2ccc(-c3cnccn3)cc2n1)C1CCN(CCF)CC1. The second-order valence-corrected chi connectivity index (χ2v) is 7.10. The van der Waals surface area contributed by atoms with Gasteiger partial charge in [-0.3, -0.25) is 14.8 Å². The Kier molecular flexibility index (Phi) is 5.62. The van der Waals surface area contributed by atoms with E-state index < -0.39 is 0 Å². The van der Waals surface area contributed by atoms with E-state index in [4.69, 9.17) is 0 Å². The van der Waals surface area contributed by atoms with E-state index in [2.05, 4.69) is 24.8 Å². The molecule has 0 amide bonds. The second kappa shape index (κ2) is 8.48. The molecule has 1 aromatic carbocycles. The highest BCUT2D eigenvalue weighted by atomic mass is 19.1. The smallest absolute Gasteiger partial charge is 0.143 e. The van der Waals surface area contributed by atoms with Gasteiger partial charge < -0.3 is 4.90 Å². The number of nitrogens with zero attached hydrogens (tertiary/aromatic N) is 5. The molecule has 0 atom stereocenters. The van der Waals surface area contributed by atoms with Crippen LogP contribution in [0.1, 0.15) is 18.7 Å². The lowest BCUT2D eigenvalue weighted by Gasteiger charge is -2.30. The lowest BCUT2D eigenvalue weighted by Crippen LogP contribution is -2.37. The Balaban J connectivity index is 1.47. The molecular formula is C21H22FN5O. The predicted octanol–water partition coefficient (Wildman–Crippen LogP) is 2.88. The molecule has 0 radical (unpaired) electrons. The molecule has 0 bridgehead atoms. The predicted molar refractivity (Wildman–Crippen MR) is 104 cm³/mol. The normalized spacial score (nSPS) is 15.8. The van der Waals surface area contributed by atoms with Crippen molar-refractivity contribution in [3.05, 3.63) is 48.8 Å². The minimum absolute atomic E-state index is 0.0149. The van der Waals surface area contributed by atoms with Crippen molar-refractivity contribution in [2.24, 2.45) is 5.92 Å². The number of piperidine rings is 1. The highest BCUT2D eigenvalue weighted by molar-refractivity contribution is 5.85. The van der Waals surface area contributed by atoms with E-state index in [9.17, 15) is 9.18 Å². The van der Waals surface area contributed by atoms with E-state index in [1.165, 1.54) is 0 Å². The zero-order valence-corrected chi connectivity index (χ0v) is 15.6. The van der Waals surface area contributed by atoms with Crippen molar-refractivity contribution >= 4 is 16.7 Å². The topological polar surface area (TPSA) is 71.9 Å². The van der Waals surface area contributed by atoms with Crippen LogP contribution in [0.5, 0.6) is 0 Å². The van der Waals surface area contributed by atoms with Gasteiger partial charge in [-0.15, -0.1) is 0 Å². The summed E-state index contributed by atoms with van der Waals surface area (Å²) in [5, 5.41) is 0.920. The minimum atomic E-state index is -0.333. The Hall–Kier alpha value is -2.80. The van der Waals surface area contributed by atoms with Gasteiger partial charge in [0.15, 0.2) is 0 Å². The fraction of sp³-hybridized carbons (Fsp3) is 0.381. The van der Waals surface area contributed by atoms with Crippen LogP contribution in [0.15, 0.2) is 43.0 Å². The number of hydrogen-bond acceptors (Lipinski definition) is 6. The summed E-state index contributed by atoms with van der Waals surface area (Å²) in [5.41, 5.74) is 2.50. The van der Waals surface area contributed by atoms with Crippen molar-refractivity contribution in [1.82, 2.24) is 24.8 Å². The Labute approximate surface area is 162 Å². The average Bonchev–Trinajstić information content (AvgIpc) is 2.74. The third kappa shape index (κ3) is 4.20. The molecule has 0 N–H and O–H groups in total. The number of likely N-dealkylation sites (tertiary alicyclic amines) is 1. The van der Waals surface area contributed by atoms with Gasteiger partial charge in [0.25, 0.3) is 0 Å². The number of benzene rings is 1. The number of hydrogen-bond donors (Lipinski definition) is 0. The summed E-state index contributed by atoms with van der Waals surface area (Å²) in [6.07, 6.45) is 8.56. The first-order valence-electron chi connectivity index (χ1n) is 9.56. The monoisotopic (exact) mass is 379 g/mol. The summed E-state index contributed by atoms with van der Waals surface area (Å²) in [4.78, 5) is 32.1.